The molecule has 1 saturated heterocycles. The number of benzene rings is 1. The number of likely N-dealkylation sites (N-methyl/N-ethyl adjacent to an activating group) is 1. The van der Waals surface area contributed by atoms with E-state index in [0.717, 1.165) is 18.2 Å². The molecule has 12 heteroatoms. The molecule has 1 aromatic carbocycles. The van der Waals surface area contributed by atoms with Gasteiger partial charge in [0.15, 0.2) is 9.84 Å². The molecule has 0 spiro atoms. The summed E-state index contributed by atoms with van der Waals surface area (Å²) in [6.45, 7) is 0.641. The molecule has 1 heterocycles. The Labute approximate surface area is 155 Å². The molecule has 1 aliphatic heterocycles. The number of amides is 1. The summed E-state index contributed by atoms with van der Waals surface area (Å²) in [5, 5.41) is 22.1. The van der Waals surface area contributed by atoms with Gasteiger partial charge in [-0.1, -0.05) is 0 Å². The fourth-order valence-corrected chi connectivity index (χ4v) is 4.60. The number of rotatable bonds is 7. The van der Waals surface area contributed by atoms with Crippen LogP contribution in [0.3, 0.4) is 0 Å². The van der Waals surface area contributed by atoms with Gasteiger partial charge in [-0.3, -0.25) is 25.0 Å². The first kappa shape index (κ1) is 20.7. The lowest BCUT2D eigenvalue weighted by Gasteiger charge is -2.29. The van der Waals surface area contributed by atoms with Crippen LogP contribution in [0, 0.1) is 20.2 Å². The summed E-state index contributed by atoms with van der Waals surface area (Å²) in [6.07, 6.45) is 0.262. The second kappa shape index (κ2) is 7.96. The standard InChI is InChI=1S/C15H20N4O7S/c1-16(2)4-5-17(12-3-6-27(25,26)10-12)15(20)11-7-13(18(21)22)9-14(8-11)19(23)24/h7-9,12H,3-6,10H2,1-2H3. The van der Waals surface area contributed by atoms with Gasteiger partial charge in [-0.2, -0.15) is 0 Å². The first-order valence-electron chi connectivity index (χ1n) is 8.10. The Bertz CT molecular complexity index is 837. The van der Waals surface area contributed by atoms with Gasteiger partial charge in [-0.25, -0.2) is 8.42 Å². The fourth-order valence-electron chi connectivity index (χ4n) is 2.87. The van der Waals surface area contributed by atoms with E-state index in [1.54, 1.807) is 19.0 Å². The minimum Gasteiger partial charge on any atom is -0.333 e. The molecule has 0 N–H and O–H groups in total. The first-order chi connectivity index (χ1) is 12.5. The van der Waals surface area contributed by atoms with Crippen LogP contribution in [0.15, 0.2) is 18.2 Å². The molecule has 0 bridgehead atoms. The predicted molar refractivity (Wildman–Crippen MR) is 96.4 cm³/mol. The molecular formula is C15H20N4O7S. The zero-order valence-corrected chi connectivity index (χ0v) is 15.7. The Morgan fingerprint density at radius 2 is 1.67 bits per heavy atom. The molecular weight excluding hydrogens is 380 g/mol. The third-order valence-electron chi connectivity index (χ3n) is 4.27. The number of sulfone groups is 1. The third kappa shape index (κ3) is 5.20. The summed E-state index contributed by atoms with van der Waals surface area (Å²) in [5.41, 5.74) is -1.35. The minimum absolute atomic E-state index is 0.0432. The number of nitrogens with zero attached hydrogens (tertiary/aromatic N) is 4. The smallest absolute Gasteiger partial charge is 0.277 e. The number of hydrogen-bond donors (Lipinski definition) is 0. The summed E-state index contributed by atoms with van der Waals surface area (Å²) in [6, 6.07) is 2.16. The molecule has 1 unspecified atom stereocenters. The molecule has 0 saturated carbocycles. The number of hydrogen-bond acceptors (Lipinski definition) is 8. The highest BCUT2D eigenvalue weighted by Crippen LogP contribution is 2.26. The van der Waals surface area contributed by atoms with Crippen molar-refractivity contribution in [3.8, 4) is 0 Å². The Kier molecular flexibility index (Phi) is 6.11. The lowest BCUT2D eigenvalue weighted by molar-refractivity contribution is -0.394. The maximum absolute atomic E-state index is 13.0. The largest absolute Gasteiger partial charge is 0.333 e. The van der Waals surface area contributed by atoms with Crippen LogP contribution in [0.1, 0.15) is 16.8 Å². The molecule has 0 radical (unpaired) electrons. The van der Waals surface area contributed by atoms with E-state index in [1.165, 1.54) is 4.90 Å². The van der Waals surface area contributed by atoms with Crippen molar-refractivity contribution in [2.24, 2.45) is 0 Å². The molecule has 11 nitrogen and oxygen atoms in total. The molecule has 1 aliphatic rings. The lowest BCUT2D eigenvalue weighted by atomic mass is 10.1. The van der Waals surface area contributed by atoms with E-state index in [1.807, 2.05) is 0 Å². The Morgan fingerprint density at radius 3 is 2.07 bits per heavy atom. The predicted octanol–water partition coefficient (Wildman–Crippen LogP) is 0.694. The highest BCUT2D eigenvalue weighted by atomic mass is 32.2. The Balaban J connectivity index is 2.41. The summed E-state index contributed by atoms with van der Waals surface area (Å²) >= 11 is 0. The second-order valence-corrected chi connectivity index (χ2v) is 8.84. The molecule has 148 valence electrons. The van der Waals surface area contributed by atoms with Crippen molar-refractivity contribution in [2.75, 3.05) is 38.7 Å². The second-order valence-electron chi connectivity index (χ2n) is 6.61. The molecule has 1 amide bonds. The molecule has 1 fully saturated rings. The van der Waals surface area contributed by atoms with Crippen LogP contribution in [0.2, 0.25) is 0 Å². The number of carbonyl (C=O) groups excluding carboxylic acids is 1. The normalized spacial score (nSPS) is 18.4. The van der Waals surface area contributed by atoms with Crippen LogP contribution >= 0.6 is 0 Å². The van der Waals surface area contributed by atoms with Crippen molar-refractivity contribution in [2.45, 2.75) is 12.5 Å². The topological polar surface area (TPSA) is 144 Å². The van der Waals surface area contributed by atoms with Crippen molar-refractivity contribution in [1.29, 1.82) is 0 Å². The molecule has 27 heavy (non-hydrogen) atoms. The van der Waals surface area contributed by atoms with E-state index >= 15 is 0 Å². The van der Waals surface area contributed by atoms with Gasteiger partial charge in [0.2, 0.25) is 0 Å². The highest BCUT2D eigenvalue weighted by molar-refractivity contribution is 7.91. The monoisotopic (exact) mass is 400 g/mol. The molecule has 2 rings (SSSR count). The van der Waals surface area contributed by atoms with Gasteiger partial charge >= 0.3 is 0 Å². The average Bonchev–Trinajstić information content (AvgIpc) is 2.93. The van der Waals surface area contributed by atoms with E-state index in [9.17, 15) is 33.4 Å². The minimum atomic E-state index is -3.26. The van der Waals surface area contributed by atoms with Crippen LogP contribution in [-0.2, 0) is 9.84 Å². The number of carbonyl (C=O) groups is 1. The van der Waals surface area contributed by atoms with E-state index in [0.29, 0.717) is 6.54 Å². The average molecular weight is 400 g/mol. The zero-order valence-electron chi connectivity index (χ0n) is 14.9. The van der Waals surface area contributed by atoms with Crippen molar-refractivity contribution >= 4 is 27.1 Å². The summed E-state index contributed by atoms with van der Waals surface area (Å²) < 4.78 is 23.6. The van der Waals surface area contributed by atoms with Gasteiger partial charge < -0.3 is 9.80 Å². The van der Waals surface area contributed by atoms with Gasteiger partial charge in [0.1, 0.15) is 0 Å². The van der Waals surface area contributed by atoms with E-state index < -0.39 is 43.0 Å². The van der Waals surface area contributed by atoms with E-state index in [-0.39, 0.29) is 30.0 Å². The maximum atomic E-state index is 13.0. The molecule has 0 aliphatic carbocycles. The molecule has 0 aromatic heterocycles. The van der Waals surface area contributed by atoms with Crippen LogP contribution in [0.4, 0.5) is 11.4 Å². The van der Waals surface area contributed by atoms with Crippen LogP contribution in [0.25, 0.3) is 0 Å². The Hall–Kier alpha value is -2.60. The van der Waals surface area contributed by atoms with Crippen LogP contribution < -0.4 is 0 Å². The first-order valence-corrected chi connectivity index (χ1v) is 9.92. The Morgan fingerprint density at radius 1 is 1.11 bits per heavy atom. The van der Waals surface area contributed by atoms with Crippen molar-refractivity contribution in [3.63, 3.8) is 0 Å². The quantitative estimate of drug-likeness (QED) is 0.480. The van der Waals surface area contributed by atoms with Gasteiger partial charge in [-0.05, 0) is 20.5 Å². The van der Waals surface area contributed by atoms with E-state index in [2.05, 4.69) is 0 Å². The molecule has 1 atom stereocenters. The van der Waals surface area contributed by atoms with Gasteiger partial charge in [0.25, 0.3) is 17.3 Å². The van der Waals surface area contributed by atoms with Crippen LogP contribution in [0.5, 0.6) is 0 Å². The fraction of sp³-hybridized carbons (Fsp3) is 0.533. The molecule has 1 aromatic rings. The number of non-ortho nitro benzene ring substituents is 2. The third-order valence-corrected chi connectivity index (χ3v) is 6.02. The van der Waals surface area contributed by atoms with Crippen molar-refractivity contribution < 1.29 is 23.1 Å². The SMILES string of the molecule is CN(C)CCN(C(=O)c1cc([N+](=O)[O-])cc([N+](=O)[O-])c1)C1CCS(=O)(=O)C1. The summed E-state index contributed by atoms with van der Waals surface area (Å²) in [5.74, 6) is -0.896. The van der Waals surface area contributed by atoms with Gasteiger partial charge in [-0.15, -0.1) is 0 Å². The van der Waals surface area contributed by atoms with Gasteiger partial charge in [0, 0.05) is 31.3 Å². The maximum Gasteiger partial charge on any atom is 0.277 e. The van der Waals surface area contributed by atoms with E-state index in [4.69, 9.17) is 0 Å². The van der Waals surface area contributed by atoms with Crippen molar-refractivity contribution in [3.05, 3.63) is 44.0 Å². The summed E-state index contributed by atoms with van der Waals surface area (Å²) in [4.78, 5) is 36.6. The summed E-state index contributed by atoms with van der Waals surface area (Å²) in [7, 11) is 0.306. The number of nitro groups is 2. The zero-order chi connectivity index (χ0) is 20.4. The van der Waals surface area contributed by atoms with Gasteiger partial charge in [0.05, 0.1) is 33.0 Å². The highest BCUT2D eigenvalue weighted by Gasteiger charge is 2.35. The number of nitro benzene ring substituents is 2. The van der Waals surface area contributed by atoms with Crippen molar-refractivity contribution in [1.82, 2.24) is 9.80 Å². The van der Waals surface area contributed by atoms with Crippen LogP contribution in [-0.4, -0.2) is 78.7 Å². The lowest BCUT2D eigenvalue weighted by Crippen LogP contribution is -2.44.